The van der Waals surface area contributed by atoms with Crippen molar-refractivity contribution >= 4 is 11.6 Å². The molecule has 142 valence electrons. The van der Waals surface area contributed by atoms with Crippen LogP contribution in [0, 0.1) is 0 Å². The Balaban J connectivity index is 1.72. The second-order valence-electron chi connectivity index (χ2n) is 5.93. The number of likely N-dealkylation sites (N-methyl/N-ethyl adjacent to an activating group) is 1. The van der Waals surface area contributed by atoms with Crippen LogP contribution in [0.2, 0.25) is 5.02 Å². The van der Waals surface area contributed by atoms with E-state index in [1.54, 1.807) is 14.2 Å². The minimum atomic E-state index is -0.265. The summed E-state index contributed by atoms with van der Waals surface area (Å²) < 4.78 is 10.6. The lowest BCUT2D eigenvalue weighted by Crippen LogP contribution is -2.32. The van der Waals surface area contributed by atoms with Crippen molar-refractivity contribution in [2.45, 2.75) is 12.8 Å². The van der Waals surface area contributed by atoms with E-state index in [9.17, 15) is 4.79 Å². The standard InChI is InChI=1S/C18H25ClN4O3/c1-22(9-4-8-20-23-18(24)12-15(19)13-21-23)10-7-14-5-6-16(25-2)17(11-14)26-3/h5-6,11-13,20H,4,7-10H2,1-3H3. The lowest BCUT2D eigenvalue weighted by molar-refractivity contribution is 0.333. The van der Waals surface area contributed by atoms with Crippen LogP contribution in [0.1, 0.15) is 12.0 Å². The van der Waals surface area contributed by atoms with Crippen LogP contribution < -0.4 is 20.5 Å². The van der Waals surface area contributed by atoms with Crippen molar-refractivity contribution in [2.24, 2.45) is 0 Å². The average molecular weight is 381 g/mol. The first kappa shape index (κ1) is 20.1. The van der Waals surface area contributed by atoms with Crippen LogP contribution in [0.4, 0.5) is 0 Å². The summed E-state index contributed by atoms with van der Waals surface area (Å²) >= 11 is 5.72. The summed E-state index contributed by atoms with van der Waals surface area (Å²) in [5, 5.41) is 4.26. The molecule has 1 aromatic heterocycles. The fraction of sp³-hybridized carbons (Fsp3) is 0.444. The number of nitrogens with one attached hydrogen (secondary N) is 1. The molecule has 0 saturated heterocycles. The fourth-order valence-electron chi connectivity index (χ4n) is 2.51. The Morgan fingerprint density at radius 3 is 2.65 bits per heavy atom. The van der Waals surface area contributed by atoms with E-state index in [4.69, 9.17) is 21.1 Å². The van der Waals surface area contributed by atoms with Gasteiger partial charge in [-0.15, -0.1) is 4.79 Å². The Hall–Kier alpha value is -2.25. The Morgan fingerprint density at radius 1 is 1.19 bits per heavy atom. The molecule has 0 aliphatic carbocycles. The molecule has 0 aliphatic heterocycles. The summed E-state index contributed by atoms with van der Waals surface area (Å²) in [7, 11) is 5.35. The van der Waals surface area contributed by atoms with Crippen molar-refractivity contribution in [1.82, 2.24) is 14.8 Å². The molecule has 0 fully saturated rings. The Morgan fingerprint density at radius 2 is 1.96 bits per heavy atom. The second-order valence-corrected chi connectivity index (χ2v) is 6.36. The van der Waals surface area contributed by atoms with Gasteiger partial charge in [-0.2, -0.15) is 5.10 Å². The molecule has 0 spiro atoms. The van der Waals surface area contributed by atoms with Crippen LogP contribution >= 0.6 is 11.6 Å². The van der Waals surface area contributed by atoms with Gasteiger partial charge < -0.3 is 19.8 Å². The van der Waals surface area contributed by atoms with Crippen LogP contribution in [-0.4, -0.2) is 55.7 Å². The maximum atomic E-state index is 11.6. The summed E-state index contributed by atoms with van der Waals surface area (Å²) in [6.45, 7) is 2.48. The van der Waals surface area contributed by atoms with Gasteiger partial charge in [0.25, 0.3) is 5.56 Å². The maximum Gasteiger partial charge on any atom is 0.287 e. The Kier molecular flexibility index (Phi) is 7.74. The molecular weight excluding hydrogens is 356 g/mol. The van der Waals surface area contributed by atoms with E-state index in [1.807, 2.05) is 12.1 Å². The van der Waals surface area contributed by atoms with Gasteiger partial charge in [-0.05, 0) is 44.1 Å². The van der Waals surface area contributed by atoms with E-state index in [0.29, 0.717) is 11.6 Å². The van der Waals surface area contributed by atoms with E-state index in [0.717, 1.165) is 37.4 Å². The molecule has 2 rings (SSSR count). The minimum absolute atomic E-state index is 0.265. The highest BCUT2D eigenvalue weighted by Crippen LogP contribution is 2.27. The van der Waals surface area contributed by atoms with Gasteiger partial charge >= 0.3 is 0 Å². The monoisotopic (exact) mass is 380 g/mol. The van der Waals surface area contributed by atoms with Gasteiger partial charge in [0.15, 0.2) is 11.5 Å². The van der Waals surface area contributed by atoms with Gasteiger partial charge in [0.1, 0.15) is 0 Å². The number of aromatic nitrogens is 2. The molecule has 0 atom stereocenters. The third kappa shape index (κ3) is 5.93. The summed E-state index contributed by atoms with van der Waals surface area (Å²) in [5.41, 5.74) is 3.91. The Labute approximate surface area is 158 Å². The van der Waals surface area contributed by atoms with Crippen molar-refractivity contribution in [3.63, 3.8) is 0 Å². The number of methoxy groups -OCH3 is 2. The van der Waals surface area contributed by atoms with Crippen LogP contribution in [0.15, 0.2) is 35.3 Å². The molecule has 0 radical (unpaired) electrons. The molecule has 7 nitrogen and oxygen atoms in total. The topological polar surface area (TPSA) is 68.6 Å². The largest absolute Gasteiger partial charge is 0.493 e. The third-order valence-corrected chi connectivity index (χ3v) is 4.18. The predicted octanol–water partition coefficient (Wildman–Crippen LogP) is 2.02. The minimum Gasteiger partial charge on any atom is -0.493 e. The highest BCUT2D eigenvalue weighted by atomic mass is 35.5. The first-order valence-corrected chi connectivity index (χ1v) is 8.79. The molecule has 26 heavy (non-hydrogen) atoms. The number of nitrogens with zero attached hydrogens (tertiary/aromatic N) is 3. The van der Waals surface area contributed by atoms with Gasteiger partial charge in [0.05, 0.1) is 25.4 Å². The molecule has 0 aliphatic rings. The lowest BCUT2D eigenvalue weighted by Gasteiger charge is -2.17. The quantitative estimate of drug-likeness (QED) is 0.636. The number of ether oxygens (including phenoxy) is 2. The first-order valence-electron chi connectivity index (χ1n) is 8.41. The molecule has 0 saturated carbocycles. The molecule has 0 unspecified atom stereocenters. The van der Waals surface area contributed by atoms with E-state index >= 15 is 0 Å². The number of rotatable bonds is 10. The number of hydrogen-bond donors (Lipinski definition) is 1. The zero-order chi connectivity index (χ0) is 18.9. The van der Waals surface area contributed by atoms with Gasteiger partial charge in [-0.3, -0.25) is 4.79 Å². The second kappa shape index (κ2) is 10.0. The van der Waals surface area contributed by atoms with Gasteiger partial charge in [-0.25, -0.2) is 0 Å². The normalized spacial score (nSPS) is 10.8. The third-order valence-electron chi connectivity index (χ3n) is 3.97. The smallest absolute Gasteiger partial charge is 0.287 e. The zero-order valence-electron chi connectivity index (χ0n) is 15.4. The van der Waals surface area contributed by atoms with E-state index in [-0.39, 0.29) is 5.56 Å². The highest BCUT2D eigenvalue weighted by molar-refractivity contribution is 6.30. The van der Waals surface area contributed by atoms with Crippen LogP contribution in [-0.2, 0) is 6.42 Å². The van der Waals surface area contributed by atoms with Gasteiger partial charge in [0.2, 0.25) is 0 Å². The number of hydrogen-bond acceptors (Lipinski definition) is 6. The summed E-state index contributed by atoms with van der Waals surface area (Å²) in [5.74, 6) is 1.49. The first-order chi connectivity index (χ1) is 12.5. The maximum absolute atomic E-state index is 11.6. The SMILES string of the molecule is COc1ccc(CCN(C)CCCNn2ncc(Cl)cc2=O)cc1OC. The number of benzene rings is 1. The summed E-state index contributed by atoms with van der Waals surface area (Å²) in [4.78, 5) is 15.1. The molecule has 8 heteroatoms. The van der Waals surface area contributed by atoms with Crippen molar-refractivity contribution in [3.8, 4) is 11.5 Å². The van der Waals surface area contributed by atoms with E-state index in [1.165, 1.54) is 22.6 Å². The molecule has 1 heterocycles. The van der Waals surface area contributed by atoms with Crippen molar-refractivity contribution in [2.75, 3.05) is 46.3 Å². The van der Waals surface area contributed by atoms with Crippen LogP contribution in [0.25, 0.3) is 0 Å². The fourth-order valence-corrected chi connectivity index (χ4v) is 2.64. The molecule has 1 aromatic carbocycles. The summed E-state index contributed by atoms with van der Waals surface area (Å²) in [6.07, 6.45) is 3.24. The molecule has 2 aromatic rings. The highest BCUT2D eigenvalue weighted by Gasteiger charge is 2.06. The van der Waals surface area contributed by atoms with Crippen LogP contribution in [0.5, 0.6) is 11.5 Å². The molecule has 0 amide bonds. The van der Waals surface area contributed by atoms with E-state index < -0.39 is 0 Å². The molecule has 0 bridgehead atoms. The van der Waals surface area contributed by atoms with Crippen molar-refractivity contribution < 1.29 is 9.47 Å². The zero-order valence-corrected chi connectivity index (χ0v) is 16.1. The van der Waals surface area contributed by atoms with E-state index in [2.05, 4.69) is 28.5 Å². The van der Waals surface area contributed by atoms with Gasteiger partial charge in [0, 0.05) is 19.2 Å². The average Bonchev–Trinajstić information content (AvgIpc) is 2.64. The molecule has 1 N–H and O–H groups in total. The molecular formula is C18H25ClN4O3. The van der Waals surface area contributed by atoms with Crippen molar-refractivity contribution in [3.05, 3.63) is 51.4 Å². The lowest BCUT2D eigenvalue weighted by atomic mass is 10.1. The number of halogens is 1. The van der Waals surface area contributed by atoms with Gasteiger partial charge in [-0.1, -0.05) is 17.7 Å². The predicted molar refractivity (Wildman–Crippen MR) is 103 cm³/mol. The summed E-state index contributed by atoms with van der Waals surface area (Å²) in [6, 6.07) is 7.31. The van der Waals surface area contributed by atoms with Crippen molar-refractivity contribution in [1.29, 1.82) is 0 Å². The van der Waals surface area contributed by atoms with Crippen LogP contribution in [0.3, 0.4) is 0 Å². The Bertz CT molecular complexity index is 766.